The summed E-state index contributed by atoms with van der Waals surface area (Å²) in [7, 11) is 0. The molecule has 2 aromatic rings. The molecule has 0 unspecified atom stereocenters. The van der Waals surface area contributed by atoms with Crippen molar-refractivity contribution in [1.29, 1.82) is 0 Å². The number of rotatable bonds is 3. The predicted molar refractivity (Wildman–Crippen MR) is 72.6 cm³/mol. The summed E-state index contributed by atoms with van der Waals surface area (Å²) in [4.78, 5) is 0. The summed E-state index contributed by atoms with van der Waals surface area (Å²) in [6.07, 6.45) is 0. The Balaban J connectivity index is 2.17. The van der Waals surface area contributed by atoms with Gasteiger partial charge < -0.3 is 4.74 Å². The standard InChI is InChI=1S/C13H9Br2FO/c14-10-6-7-11(15)13(12(10)16)17-8-9-4-2-1-3-5-9/h1-7H,8H2. The van der Waals surface area contributed by atoms with Crippen LogP contribution >= 0.6 is 31.9 Å². The fourth-order valence-corrected chi connectivity index (χ4v) is 2.10. The van der Waals surface area contributed by atoms with Crippen LogP contribution in [0.2, 0.25) is 0 Å². The lowest BCUT2D eigenvalue weighted by Crippen LogP contribution is -1.98. The van der Waals surface area contributed by atoms with E-state index in [0.717, 1.165) is 5.56 Å². The maximum atomic E-state index is 13.8. The van der Waals surface area contributed by atoms with Gasteiger partial charge in [0.15, 0.2) is 11.6 Å². The zero-order valence-electron chi connectivity index (χ0n) is 8.79. The Hall–Kier alpha value is -0.870. The summed E-state index contributed by atoms with van der Waals surface area (Å²) in [6.45, 7) is 0.340. The van der Waals surface area contributed by atoms with Crippen LogP contribution in [0.1, 0.15) is 5.56 Å². The lowest BCUT2D eigenvalue weighted by molar-refractivity contribution is 0.287. The van der Waals surface area contributed by atoms with Crippen molar-refractivity contribution in [2.75, 3.05) is 0 Å². The molecule has 0 fully saturated rings. The van der Waals surface area contributed by atoms with E-state index in [-0.39, 0.29) is 5.75 Å². The number of hydrogen-bond acceptors (Lipinski definition) is 1. The van der Waals surface area contributed by atoms with E-state index in [1.807, 2.05) is 30.3 Å². The monoisotopic (exact) mass is 358 g/mol. The van der Waals surface area contributed by atoms with Crippen LogP contribution < -0.4 is 4.74 Å². The van der Waals surface area contributed by atoms with Gasteiger partial charge in [0, 0.05) is 0 Å². The molecule has 0 saturated carbocycles. The highest BCUT2D eigenvalue weighted by atomic mass is 79.9. The molecule has 0 bridgehead atoms. The van der Waals surface area contributed by atoms with Crippen molar-refractivity contribution < 1.29 is 9.13 Å². The molecule has 0 atom stereocenters. The van der Waals surface area contributed by atoms with Gasteiger partial charge in [-0.15, -0.1) is 0 Å². The average Bonchev–Trinajstić information content (AvgIpc) is 2.35. The van der Waals surface area contributed by atoms with Gasteiger partial charge >= 0.3 is 0 Å². The maximum absolute atomic E-state index is 13.8. The first-order valence-corrected chi connectivity index (χ1v) is 6.57. The van der Waals surface area contributed by atoms with Crippen molar-refractivity contribution in [3.05, 3.63) is 62.8 Å². The van der Waals surface area contributed by atoms with Crippen molar-refractivity contribution in [2.24, 2.45) is 0 Å². The molecule has 0 aliphatic rings. The molecule has 0 aliphatic heterocycles. The summed E-state index contributed by atoms with van der Waals surface area (Å²) < 4.78 is 20.2. The van der Waals surface area contributed by atoms with Crippen LogP contribution in [0.25, 0.3) is 0 Å². The molecular formula is C13H9Br2FO. The van der Waals surface area contributed by atoms with Crippen LogP contribution in [0.15, 0.2) is 51.4 Å². The van der Waals surface area contributed by atoms with E-state index in [4.69, 9.17) is 4.74 Å². The molecule has 2 aromatic carbocycles. The molecule has 0 aromatic heterocycles. The Morgan fingerprint density at radius 1 is 0.941 bits per heavy atom. The fourth-order valence-electron chi connectivity index (χ4n) is 1.37. The Bertz CT molecular complexity index is 514. The van der Waals surface area contributed by atoms with Crippen LogP contribution in [0.4, 0.5) is 4.39 Å². The van der Waals surface area contributed by atoms with Crippen molar-refractivity contribution in [1.82, 2.24) is 0 Å². The first kappa shape index (κ1) is 12.6. The third-order valence-electron chi connectivity index (χ3n) is 2.23. The molecule has 0 spiro atoms. The molecule has 4 heteroatoms. The Morgan fingerprint density at radius 3 is 2.29 bits per heavy atom. The maximum Gasteiger partial charge on any atom is 0.180 e. The third kappa shape index (κ3) is 3.07. The minimum absolute atomic E-state index is 0.225. The van der Waals surface area contributed by atoms with Crippen molar-refractivity contribution in [3.63, 3.8) is 0 Å². The molecule has 2 rings (SSSR count). The molecule has 17 heavy (non-hydrogen) atoms. The SMILES string of the molecule is Fc1c(Br)ccc(Br)c1OCc1ccccc1. The predicted octanol–water partition coefficient (Wildman–Crippen LogP) is 4.93. The summed E-state index contributed by atoms with van der Waals surface area (Å²) in [5.41, 5.74) is 0.999. The summed E-state index contributed by atoms with van der Waals surface area (Å²) >= 11 is 6.40. The minimum Gasteiger partial charge on any atom is -0.485 e. The Labute approximate surface area is 116 Å². The first-order valence-electron chi connectivity index (χ1n) is 4.98. The van der Waals surface area contributed by atoms with E-state index in [0.29, 0.717) is 15.6 Å². The van der Waals surface area contributed by atoms with Crippen molar-refractivity contribution >= 4 is 31.9 Å². The van der Waals surface area contributed by atoms with Gasteiger partial charge in [0.05, 0.1) is 8.95 Å². The summed E-state index contributed by atoms with van der Waals surface area (Å²) in [6, 6.07) is 13.0. The van der Waals surface area contributed by atoms with E-state index in [1.165, 1.54) is 0 Å². The molecule has 1 nitrogen and oxygen atoms in total. The Kier molecular flexibility index (Phi) is 4.18. The third-order valence-corrected chi connectivity index (χ3v) is 3.46. The van der Waals surface area contributed by atoms with Gasteiger partial charge in [-0.1, -0.05) is 30.3 Å². The highest BCUT2D eigenvalue weighted by Crippen LogP contribution is 2.33. The fraction of sp³-hybridized carbons (Fsp3) is 0.0769. The largest absolute Gasteiger partial charge is 0.485 e. The molecular weight excluding hydrogens is 351 g/mol. The van der Waals surface area contributed by atoms with E-state index < -0.39 is 5.82 Å². The molecule has 0 N–H and O–H groups in total. The Morgan fingerprint density at radius 2 is 1.59 bits per heavy atom. The van der Waals surface area contributed by atoms with Crippen LogP contribution in [0.5, 0.6) is 5.75 Å². The van der Waals surface area contributed by atoms with Gasteiger partial charge in [-0.05, 0) is 49.6 Å². The molecule has 0 heterocycles. The summed E-state index contributed by atoms with van der Waals surface area (Å²) in [5.74, 6) is -0.168. The van der Waals surface area contributed by atoms with E-state index in [9.17, 15) is 4.39 Å². The molecule has 0 aliphatic carbocycles. The summed E-state index contributed by atoms with van der Waals surface area (Å²) in [5, 5.41) is 0. The topological polar surface area (TPSA) is 9.23 Å². The molecule has 0 radical (unpaired) electrons. The van der Waals surface area contributed by atoms with Gasteiger partial charge in [-0.3, -0.25) is 0 Å². The second-order valence-corrected chi connectivity index (χ2v) is 5.16. The normalized spacial score (nSPS) is 10.3. The zero-order chi connectivity index (χ0) is 12.3. The lowest BCUT2D eigenvalue weighted by atomic mass is 10.2. The van der Waals surface area contributed by atoms with E-state index in [1.54, 1.807) is 12.1 Å². The second kappa shape index (κ2) is 5.65. The smallest absolute Gasteiger partial charge is 0.180 e. The number of halogens is 3. The highest BCUT2D eigenvalue weighted by molar-refractivity contribution is 9.11. The lowest BCUT2D eigenvalue weighted by Gasteiger charge is -2.10. The van der Waals surface area contributed by atoms with Crippen molar-refractivity contribution in [3.8, 4) is 5.75 Å². The minimum atomic E-state index is -0.393. The van der Waals surface area contributed by atoms with Crippen LogP contribution in [0.3, 0.4) is 0 Å². The number of ether oxygens (including phenoxy) is 1. The quantitative estimate of drug-likeness (QED) is 0.706. The molecule has 0 saturated heterocycles. The zero-order valence-corrected chi connectivity index (χ0v) is 12.0. The van der Waals surface area contributed by atoms with Crippen LogP contribution in [-0.2, 0) is 6.61 Å². The average molecular weight is 360 g/mol. The number of benzene rings is 2. The van der Waals surface area contributed by atoms with Crippen LogP contribution in [0, 0.1) is 5.82 Å². The van der Waals surface area contributed by atoms with Gasteiger partial charge in [-0.2, -0.15) is 0 Å². The molecule has 0 amide bonds. The van der Waals surface area contributed by atoms with E-state index in [2.05, 4.69) is 31.9 Å². The van der Waals surface area contributed by atoms with Gasteiger partial charge in [-0.25, -0.2) is 4.39 Å². The van der Waals surface area contributed by atoms with Gasteiger partial charge in [0.25, 0.3) is 0 Å². The van der Waals surface area contributed by atoms with Gasteiger partial charge in [0.1, 0.15) is 6.61 Å². The van der Waals surface area contributed by atoms with Crippen molar-refractivity contribution in [2.45, 2.75) is 6.61 Å². The first-order chi connectivity index (χ1) is 8.18. The molecule has 88 valence electrons. The second-order valence-electron chi connectivity index (χ2n) is 3.45. The number of hydrogen-bond donors (Lipinski definition) is 0. The van der Waals surface area contributed by atoms with E-state index >= 15 is 0 Å². The van der Waals surface area contributed by atoms with Crippen LogP contribution in [-0.4, -0.2) is 0 Å². The van der Waals surface area contributed by atoms with Gasteiger partial charge in [0.2, 0.25) is 0 Å². The highest BCUT2D eigenvalue weighted by Gasteiger charge is 2.11.